The van der Waals surface area contributed by atoms with Crippen molar-refractivity contribution in [1.82, 2.24) is 0 Å². The SMILES string of the molecule is CCCCCCc1ccc(C#CC2CCC(c3ccc(C)cc3)CC2)cc1. The van der Waals surface area contributed by atoms with Crippen LogP contribution in [0.5, 0.6) is 0 Å². The second-order valence-electron chi connectivity index (χ2n) is 8.24. The van der Waals surface area contributed by atoms with Crippen LogP contribution in [0.4, 0.5) is 0 Å². The zero-order valence-corrected chi connectivity index (χ0v) is 17.1. The topological polar surface area (TPSA) is 0 Å². The van der Waals surface area contributed by atoms with E-state index in [1.807, 2.05) is 0 Å². The molecule has 1 aliphatic carbocycles. The van der Waals surface area contributed by atoms with Crippen LogP contribution in [0, 0.1) is 24.7 Å². The number of aryl methyl sites for hydroxylation is 2. The van der Waals surface area contributed by atoms with Gasteiger partial charge in [0.25, 0.3) is 0 Å². The summed E-state index contributed by atoms with van der Waals surface area (Å²) in [6.07, 6.45) is 11.6. The van der Waals surface area contributed by atoms with Crippen LogP contribution in [0.15, 0.2) is 48.5 Å². The summed E-state index contributed by atoms with van der Waals surface area (Å²) in [5.41, 5.74) is 5.50. The number of unbranched alkanes of at least 4 members (excludes halogenated alkanes) is 3. The van der Waals surface area contributed by atoms with Crippen molar-refractivity contribution in [2.75, 3.05) is 0 Å². The van der Waals surface area contributed by atoms with Crippen molar-refractivity contribution < 1.29 is 0 Å². The van der Waals surface area contributed by atoms with E-state index in [2.05, 4.69) is 74.2 Å². The normalized spacial score (nSPS) is 19.3. The van der Waals surface area contributed by atoms with Crippen molar-refractivity contribution in [1.29, 1.82) is 0 Å². The van der Waals surface area contributed by atoms with E-state index >= 15 is 0 Å². The van der Waals surface area contributed by atoms with Crippen molar-refractivity contribution in [3.8, 4) is 11.8 Å². The van der Waals surface area contributed by atoms with Gasteiger partial charge < -0.3 is 0 Å². The fourth-order valence-electron chi connectivity index (χ4n) is 4.11. The molecular formula is C27H34. The number of hydrogen-bond donors (Lipinski definition) is 0. The molecule has 142 valence electrons. The van der Waals surface area contributed by atoms with Gasteiger partial charge in [-0.25, -0.2) is 0 Å². The predicted molar refractivity (Wildman–Crippen MR) is 117 cm³/mol. The summed E-state index contributed by atoms with van der Waals surface area (Å²) >= 11 is 0. The lowest BCUT2D eigenvalue weighted by Gasteiger charge is -2.26. The first-order valence-electron chi connectivity index (χ1n) is 10.9. The van der Waals surface area contributed by atoms with Gasteiger partial charge >= 0.3 is 0 Å². The van der Waals surface area contributed by atoms with Gasteiger partial charge in [-0.3, -0.25) is 0 Å². The first-order valence-corrected chi connectivity index (χ1v) is 10.9. The van der Waals surface area contributed by atoms with Gasteiger partial charge in [0.15, 0.2) is 0 Å². The molecule has 0 heterocycles. The summed E-state index contributed by atoms with van der Waals surface area (Å²) in [6.45, 7) is 4.43. The predicted octanol–water partition coefficient (Wildman–Crippen LogP) is 7.44. The highest BCUT2D eigenvalue weighted by Gasteiger charge is 2.20. The third-order valence-corrected chi connectivity index (χ3v) is 5.97. The molecule has 1 fully saturated rings. The Labute approximate surface area is 166 Å². The Balaban J connectivity index is 1.46. The number of rotatable bonds is 6. The van der Waals surface area contributed by atoms with Gasteiger partial charge in [0.05, 0.1) is 0 Å². The molecule has 2 aromatic carbocycles. The molecule has 0 nitrogen and oxygen atoms in total. The van der Waals surface area contributed by atoms with Crippen LogP contribution in [-0.4, -0.2) is 0 Å². The minimum atomic E-state index is 0.570. The second-order valence-corrected chi connectivity index (χ2v) is 8.24. The Morgan fingerprint density at radius 3 is 2.19 bits per heavy atom. The van der Waals surface area contributed by atoms with Crippen LogP contribution >= 0.6 is 0 Å². The van der Waals surface area contributed by atoms with Crippen molar-refractivity contribution in [2.24, 2.45) is 5.92 Å². The third-order valence-electron chi connectivity index (χ3n) is 5.97. The highest BCUT2D eigenvalue weighted by molar-refractivity contribution is 5.37. The molecule has 0 aromatic heterocycles. The van der Waals surface area contributed by atoms with Gasteiger partial charge in [-0.15, -0.1) is 0 Å². The Bertz CT molecular complexity index is 731. The van der Waals surface area contributed by atoms with E-state index in [0.717, 1.165) is 5.92 Å². The summed E-state index contributed by atoms with van der Waals surface area (Å²) in [4.78, 5) is 0. The minimum Gasteiger partial charge on any atom is -0.0945 e. The van der Waals surface area contributed by atoms with E-state index < -0.39 is 0 Å². The summed E-state index contributed by atoms with van der Waals surface area (Å²) in [7, 11) is 0. The van der Waals surface area contributed by atoms with Crippen molar-refractivity contribution in [2.45, 2.75) is 77.6 Å². The quantitative estimate of drug-likeness (QED) is 0.372. The zero-order valence-electron chi connectivity index (χ0n) is 17.1. The van der Waals surface area contributed by atoms with Crippen LogP contribution in [0.2, 0.25) is 0 Å². The lowest BCUT2D eigenvalue weighted by Crippen LogP contribution is -2.12. The van der Waals surface area contributed by atoms with Crippen LogP contribution in [0.1, 0.15) is 86.5 Å². The molecule has 1 aliphatic rings. The van der Waals surface area contributed by atoms with Gasteiger partial charge in [0.2, 0.25) is 0 Å². The molecule has 27 heavy (non-hydrogen) atoms. The second kappa shape index (κ2) is 10.4. The Morgan fingerprint density at radius 2 is 1.52 bits per heavy atom. The Morgan fingerprint density at radius 1 is 0.815 bits per heavy atom. The van der Waals surface area contributed by atoms with Gasteiger partial charge in [0, 0.05) is 11.5 Å². The van der Waals surface area contributed by atoms with Gasteiger partial charge in [0.1, 0.15) is 0 Å². The maximum atomic E-state index is 3.55. The maximum Gasteiger partial charge on any atom is 0.0245 e. The van der Waals surface area contributed by atoms with Gasteiger partial charge in [-0.05, 0) is 74.6 Å². The van der Waals surface area contributed by atoms with E-state index in [9.17, 15) is 0 Å². The summed E-state index contributed by atoms with van der Waals surface area (Å²) in [5, 5.41) is 0. The Hall–Kier alpha value is -2.00. The fraction of sp³-hybridized carbons (Fsp3) is 0.481. The van der Waals surface area contributed by atoms with Crippen LogP contribution in [0.25, 0.3) is 0 Å². The average Bonchev–Trinajstić information content (AvgIpc) is 2.72. The maximum absolute atomic E-state index is 3.55. The highest BCUT2D eigenvalue weighted by Crippen LogP contribution is 2.35. The molecule has 0 amide bonds. The van der Waals surface area contributed by atoms with Gasteiger partial charge in [-0.2, -0.15) is 0 Å². The third kappa shape index (κ3) is 6.28. The van der Waals surface area contributed by atoms with Gasteiger partial charge in [-0.1, -0.05) is 80.0 Å². The fourth-order valence-corrected chi connectivity index (χ4v) is 4.11. The van der Waals surface area contributed by atoms with Crippen LogP contribution < -0.4 is 0 Å². The molecule has 0 unspecified atom stereocenters. The highest BCUT2D eigenvalue weighted by atomic mass is 14.2. The van der Waals surface area contributed by atoms with E-state index in [0.29, 0.717) is 5.92 Å². The molecule has 0 heteroatoms. The van der Waals surface area contributed by atoms with Crippen LogP contribution in [0.3, 0.4) is 0 Å². The molecule has 0 radical (unpaired) electrons. The van der Waals surface area contributed by atoms with Crippen molar-refractivity contribution in [3.05, 3.63) is 70.8 Å². The lowest BCUT2D eigenvalue weighted by molar-refractivity contribution is 0.384. The molecule has 0 saturated heterocycles. The molecule has 0 N–H and O–H groups in total. The lowest BCUT2D eigenvalue weighted by atomic mass is 9.79. The summed E-state index contributed by atoms with van der Waals surface area (Å²) < 4.78 is 0. The smallest absolute Gasteiger partial charge is 0.0245 e. The zero-order chi connectivity index (χ0) is 18.9. The first-order chi connectivity index (χ1) is 13.2. The van der Waals surface area contributed by atoms with Crippen LogP contribution in [-0.2, 0) is 6.42 Å². The molecule has 0 spiro atoms. The molecule has 0 bridgehead atoms. The molecule has 0 aliphatic heterocycles. The summed E-state index contributed by atoms with van der Waals surface area (Å²) in [5.74, 6) is 8.28. The molecular weight excluding hydrogens is 324 g/mol. The van der Waals surface area contributed by atoms with Crippen molar-refractivity contribution >= 4 is 0 Å². The standard InChI is InChI=1S/C27H34/c1-3-4-5-6-7-23-10-12-24(13-11-23)14-15-25-16-20-27(21-17-25)26-18-8-22(2)9-19-26/h8-13,18-19,25,27H,3-7,16-17,20-21H2,1-2H3. The summed E-state index contributed by atoms with van der Waals surface area (Å²) in [6, 6.07) is 18.1. The van der Waals surface area contributed by atoms with Crippen molar-refractivity contribution in [3.63, 3.8) is 0 Å². The largest absolute Gasteiger partial charge is 0.0945 e. The molecule has 2 aromatic rings. The molecule has 1 saturated carbocycles. The van der Waals surface area contributed by atoms with E-state index in [1.54, 1.807) is 0 Å². The number of benzene rings is 2. The molecule has 0 atom stereocenters. The Kier molecular flexibility index (Phi) is 7.58. The minimum absolute atomic E-state index is 0.570. The molecule has 3 rings (SSSR count). The van der Waals surface area contributed by atoms with E-state index in [1.165, 1.54) is 80.0 Å². The van der Waals surface area contributed by atoms with E-state index in [4.69, 9.17) is 0 Å². The number of hydrogen-bond acceptors (Lipinski definition) is 0. The van der Waals surface area contributed by atoms with E-state index in [-0.39, 0.29) is 0 Å². The monoisotopic (exact) mass is 358 g/mol. The average molecular weight is 359 g/mol. The first kappa shape index (κ1) is 19.8.